The Morgan fingerprint density at radius 1 is 1.06 bits per heavy atom. The average Bonchev–Trinajstić information content (AvgIpc) is 3.52. The van der Waals surface area contributed by atoms with Gasteiger partial charge < -0.3 is 14.4 Å². The number of nitrogens with one attached hydrogen (secondary N) is 1. The lowest BCUT2D eigenvalue weighted by Crippen LogP contribution is -2.48. The van der Waals surface area contributed by atoms with Gasteiger partial charge in [-0.1, -0.05) is 12.1 Å². The zero-order valence-electron chi connectivity index (χ0n) is 18.6. The molecule has 1 aliphatic heterocycles. The molecular weight excluding hydrogens is 460 g/mol. The zero-order valence-corrected chi connectivity index (χ0v) is 20.2. The molecule has 1 saturated heterocycles. The Morgan fingerprint density at radius 2 is 1.85 bits per heavy atom. The Bertz CT molecular complexity index is 1090. The number of rotatable bonds is 8. The van der Waals surface area contributed by atoms with Crippen LogP contribution in [-0.2, 0) is 17.8 Å². The summed E-state index contributed by atoms with van der Waals surface area (Å²) in [5.41, 5.74) is 1.83. The maximum absolute atomic E-state index is 12.8. The van der Waals surface area contributed by atoms with Crippen molar-refractivity contribution in [3.63, 3.8) is 0 Å². The summed E-state index contributed by atoms with van der Waals surface area (Å²) in [6, 6.07) is 9.55. The van der Waals surface area contributed by atoms with E-state index in [1.165, 1.54) is 22.7 Å². The highest BCUT2D eigenvalue weighted by atomic mass is 32.1. The van der Waals surface area contributed by atoms with E-state index < -0.39 is 0 Å². The first kappa shape index (κ1) is 23.2. The Morgan fingerprint density at radius 3 is 2.55 bits per heavy atom. The molecule has 4 rings (SSSR count). The minimum absolute atomic E-state index is 0.0576. The van der Waals surface area contributed by atoms with Gasteiger partial charge in [-0.3, -0.25) is 19.8 Å². The number of benzene rings is 1. The molecule has 0 unspecified atom stereocenters. The number of thiazole rings is 1. The van der Waals surface area contributed by atoms with Gasteiger partial charge in [0.05, 0.1) is 31.2 Å². The Labute approximate surface area is 200 Å². The van der Waals surface area contributed by atoms with Crippen LogP contribution >= 0.6 is 22.7 Å². The van der Waals surface area contributed by atoms with Crippen molar-refractivity contribution < 1.29 is 19.1 Å². The van der Waals surface area contributed by atoms with Gasteiger partial charge in [-0.25, -0.2) is 4.98 Å². The second-order valence-electron chi connectivity index (χ2n) is 7.60. The summed E-state index contributed by atoms with van der Waals surface area (Å²) >= 11 is 2.71. The lowest BCUT2D eigenvalue weighted by molar-refractivity contribution is -0.132. The molecule has 33 heavy (non-hydrogen) atoms. The van der Waals surface area contributed by atoms with Crippen LogP contribution in [0.1, 0.15) is 20.9 Å². The quantitative estimate of drug-likeness (QED) is 0.526. The van der Waals surface area contributed by atoms with E-state index in [4.69, 9.17) is 9.47 Å². The highest BCUT2D eigenvalue weighted by Crippen LogP contribution is 2.28. The SMILES string of the molecule is COc1ccc(CN2CCN(C(=O)Cc3csc(NC(=O)c4cccs4)n3)CC2)cc1OC. The van der Waals surface area contributed by atoms with Gasteiger partial charge in [0.2, 0.25) is 5.91 Å². The van der Waals surface area contributed by atoms with Crippen LogP contribution < -0.4 is 14.8 Å². The number of thiophene rings is 1. The highest BCUT2D eigenvalue weighted by molar-refractivity contribution is 7.14. The monoisotopic (exact) mass is 486 g/mol. The average molecular weight is 487 g/mol. The Hall–Kier alpha value is -2.95. The van der Waals surface area contributed by atoms with Crippen LogP contribution in [0.25, 0.3) is 0 Å². The van der Waals surface area contributed by atoms with E-state index in [1.807, 2.05) is 39.9 Å². The smallest absolute Gasteiger partial charge is 0.267 e. The molecule has 3 heterocycles. The first-order chi connectivity index (χ1) is 16.1. The maximum Gasteiger partial charge on any atom is 0.267 e. The third-order valence-electron chi connectivity index (χ3n) is 5.43. The van der Waals surface area contributed by atoms with Crippen molar-refractivity contribution in [2.45, 2.75) is 13.0 Å². The van der Waals surface area contributed by atoms with E-state index in [0.29, 0.717) is 34.5 Å². The molecular formula is C23H26N4O4S2. The molecule has 2 aromatic heterocycles. The fourth-order valence-electron chi connectivity index (χ4n) is 3.67. The topological polar surface area (TPSA) is 84.0 Å². The van der Waals surface area contributed by atoms with Gasteiger partial charge in [-0.15, -0.1) is 22.7 Å². The van der Waals surface area contributed by atoms with Gasteiger partial charge in [-0.05, 0) is 29.1 Å². The number of hydrogen-bond donors (Lipinski definition) is 1. The van der Waals surface area contributed by atoms with E-state index in [2.05, 4.69) is 15.2 Å². The number of piperazine rings is 1. The third kappa shape index (κ3) is 5.89. The molecule has 0 aliphatic carbocycles. The van der Waals surface area contributed by atoms with Crippen LogP contribution in [0.4, 0.5) is 5.13 Å². The fraction of sp³-hybridized carbons (Fsp3) is 0.348. The molecule has 1 fully saturated rings. The number of ether oxygens (including phenoxy) is 2. The zero-order chi connectivity index (χ0) is 23.2. The van der Waals surface area contributed by atoms with Crippen LogP contribution in [0.2, 0.25) is 0 Å². The number of amides is 2. The summed E-state index contributed by atoms with van der Waals surface area (Å²) in [6.07, 6.45) is 0.237. The van der Waals surface area contributed by atoms with Gasteiger partial charge in [0.15, 0.2) is 16.6 Å². The summed E-state index contributed by atoms with van der Waals surface area (Å²) in [4.78, 5) is 34.2. The van der Waals surface area contributed by atoms with Gasteiger partial charge in [0, 0.05) is 38.1 Å². The lowest BCUT2D eigenvalue weighted by atomic mass is 10.1. The second-order valence-corrected chi connectivity index (χ2v) is 9.40. The third-order valence-corrected chi connectivity index (χ3v) is 7.10. The Balaban J connectivity index is 1.25. The fourth-order valence-corrected chi connectivity index (χ4v) is 5.00. The number of hydrogen-bond acceptors (Lipinski definition) is 8. The number of carbonyl (C=O) groups is 2. The van der Waals surface area contributed by atoms with Crippen molar-refractivity contribution in [2.24, 2.45) is 0 Å². The maximum atomic E-state index is 12.8. The van der Waals surface area contributed by atoms with Gasteiger partial charge >= 0.3 is 0 Å². The van der Waals surface area contributed by atoms with E-state index in [-0.39, 0.29) is 18.2 Å². The Kier molecular flexibility index (Phi) is 7.58. The molecule has 174 valence electrons. The second kappa shape index (κ2) is 10.8. The minimum atomic E-state index is -0.178. The number of carbonyl (C=O) groups excluding carboxylic acids is 2. The summed E-state index contributed by atoms with van der Waals surface area (Å²) in [7, 11) is 3.26. The lowest BCUT2D eigenvalue weighted by Gasteiger charge is -2.34. The molecule has 1 aromatic carbocycles. The molecule has 0 radical (unpaired) electrons. The predicted octanol–water partition coefficient (Wildman–Crippen LogP) is 3.36. The largest absolute Gasteiger partial charge is 0.493 e. The number of methoxy groups -OCH3 is 2. The van der Waals surface area contributed by atoms with E-state index in [9.17, 15) is 9.59 Å². The molecule has 2 amide bonds. The van der Waals surface area contributed by atoms with Gasteiger partial charge in [-0.2, -0.15) is 0 Å². The van der Waals surface area contributed by atoms with Gasteiger partial charge in [0.25, 0.3) is 5.91 Å². The van der Waals surface area contributed by atoms with Crippen molar-refractivity contribution in [3.05, 3.63) is 57.2 Å². The van der Waals surface area contributed by atoms with Crippen molar-refractivity contribution in [1.82, 2.24) is 14.8 Å². The summed E-state index contributed by atoms with van der Waals surface area (Å²) < 4.78 is 10.7. The number of anilines is 1. The highest BCUT2D eigenvalue weighted by Gasteiger charge is 2.22. The van der Waals surface area contributed by atoms with Crippen molar-refractivity contribution in [2.75, 3.05) is 45.7 Å². The van der Waals surface area contributed by atoms with Crippen molar-refractivity contribution >= 4 is 39.6 Å². The molecule has 0 saturated carbocycles. The first-order valence-corrected chi connectivity index (χ1v) is 12.3. The molecule has 0 bridgehead atoms. The van der Waals surface area contributed by atoms with Crippen molar-refractivity contribution in [1.29, 1.82) is 0 Å². The molecule has 10 heteroatoms. The number of aromatic nitrogens is 1. The molecule has 3 aromatic rings. The first-order valence-electron chi connectivity index (χ1n) is 10.6. The summed E-state index contributed by atoms with van der Waals surface area (Å²) in [5.74, 6) is 1.32. The van der Waals surface area contributed by atoms with Crippen LogP contribution in [-0.4, -0.2) is 67.0 Å². The van der Waals surface area contributed by atoms with E-state index in [0.717, 1.165) is 30.9 Å². The molecule has 1 N–H and O–H groups in total. The summed E-state index contributed by atoms with van der Waals surface area (Å²) in [5, 5.41) is 6.99. The minimum Gasteiger partial charge on any atom is -0.493 e. The molecule has 0 spiro atoms. The van der Waals surface area contributed by atoms with Crippen LogP contribution in [0, 0.1) is 0 Å². The molecule has 0 atom stereocenters. The normalized spacial score (nSPS) is 14.2. The van der Waals surface area contributed by atoms with Crippen LogP contribution in [0.3, 0.4) is 0 Å². The van der Waals surface area contributed by atoms with Gasteiger partial charge in [0.1, 0.15) is 0 Å². The van der Waals surface area contributed by atoms with E-state index in [1.54, 1.807) is 20.3 Å². The molecule has 1 aliphatic rings. The van der Waals surface area contributed by atoms with Crippen LogP contribution in [0.15, 0.2) is 41.1 Å². The van der Waals surface area contributed by atoms with E-state index >= 15 is 0 Å². The summed E-state index contributed by atoms with van der Waals surface area (Å²) in [6.45, 7) is 3.76. The predicted molar refractivity (Wildman–Crippen MR) is 129 cm³/mol. The molecule has 8 nitrogen and oxygen atoms in total. The van der Waals surface area contributed by atoms with Crippen molar-refractivity contribution in [3.8, 4) is 11.5 Å². The van der Waals surface area contributed by atoms with Crippen LogP contribution in [0.5, 0.6) is 11.5 Å². The standard InChI is InChI=1S/C23H26N4O4S2/c1-30-18-6-5-16(12-19(18)31-2)14-26-7-9-27(10-8-26)21(28)13-17-15-33-23(24-17)25-22(29)20-4-3-11-32-20/h3-6,11-12,15H,7-10,13-14H2,1-2H3,(H,24,25,29). The number of nitrogens with zero attached hydrogens (tertiary/aromatic N) is 3.